The number of nitrogens with one attached hydrogen (secondary N) is 1. The number of aromatic nitrogens is 1. The van der Waals surface area contributed by atoms with Gasteiger partial charge in [-0.15, -0.1) is 0 Å². The van der Waals surface area contributed by atoms with Crippen LogP contribution in [0.4, 0.5) is 0 Å². The maximum absolute atomic E-state index is 2.86. The zero-order chi connectivity index (χ0) is 11.8. The Morgan fingerprint density at radius 1 is 0.733 bits per heavy atom. The summed E-state index contributed by atoms with van der Waals surface area (Å²) in [5.41, 5.74) is 2.81. The fourth-order valence-electron chi connectivity index (χ4n) is 2.28. The van der Waals surface area contributed by atoms with E-state index in [1.54, 1.807) is 0 Å². The number of hydrogen-bond acceptors (Lipinski definition) is 0. The summed E-state index contributed by atoms with van der Waals surface area (Å²) in [6, 6.07) is 3.89. The molecule has 0 aliphatic carbocycles. The van der Waals surface area contributed by atoms with Gasteiger partial charge in [0, 0.05) is 12.4 Å². The molecule has 0 spiro atoms. The van der Waals surface area contributed by atoms with Crippen molar-refractivity contribution in [2.45, 2.75) is 58.2 Å². The first-order valence-electron chi connectivity index (χ1n) is 5.91. The molecular formula is C13H26NSi. The van der Waals surface area contributed by atoms with E-state index in [1.807, 2.05) is 24.5 Å². The van der Waals surface area contributed by atoms with Crippen LogP contribution in [0.25, 0.3) is 0 Å². The molecule has 0 aromatic carbocycles. The first-order chi connectivity index (χ1) is 6.96. The number of aromatic amines is 1. The Labute approximate surface area is 96.9 Å². The molecule has 0 amide bonds. The standard InChI is InChI=1S/C9H21Si.C4H5N/c1-7(2)10(8(3)4)9(5)6;1-2-4-5-3-1/h7-9H,1-6H3;1-5H. The van der Waals surface area contributed by atoms with Crippen LogP contribution in [-0.4, -0.2) is 13.8 Å². The Hall–Kier alpha value is -0.503. The van der Waals surface area contributed by atoms with Crippen molar-refractivity contribution in [1.29, 1.82) is 0 Å². The highest BCUT2D eigenvalue weighted by molar-refractivity contribution is 6.63. The first-order valence-corrected chi connectivity index (χ1v) is 7.64. The minimum Gasteiger partial charge on any atom is -0.368 e. The molecule has 1 heterocycles. The van der Waals surface area contributed by atoms with Crippen LogP contribution in [0, 0.1) is 0 Å². The second-order valence-corrected chi connectivity index (χ2v) is 9.31. The van der Waals surface area contributed by atoms with Gasteiger partial charge < -0.3 is 4.98 Å². The van der Waals surface area contributed by atoms with E-state index in [4.69, 9.17) is 0 Å². The Kier molecular flexibility index (Phi) is 7.49. The van der Waals surface area contributed by atoms with E-state index in [-0.39, 0.29) is 8.80 Å². The highest BCUT2D eigenvalue weighted by atomic mass is 28.3. The summed E-state index contributed by atoms with van der Waals surface area (Å²) in [4.78, 5) is 2.86. The molecule has 0 saturated heterocycles. The van der Waals surface area contributed by atoms with Gasteiger partial charge in [0.25, 0.3) is 0 Å². The average Bonchev–Trinajstić information content (AvgIpc) is 2.56. The van der Waals surface area contributed by atoms with Crippen molar-refractivity contribution in [2.24, 2.45) is 0 Å². The molecule has 0 saturated carbocycles. The lowest BCUT2D eigenvalue weighted by atomic mass is 10.5. The quantitative estimate of drug-likeness (QED) is 0.715. The molecule has 0 atom stereocenters. The van der Waals surface area contributed by atoms with Crippen LogP contribution >= 0.6 is 0 Å². The van der Waals surface area contributed by atoms with Crippen molar-refractivity contribution in [2.75, 3.05) is 0 Å². The van der Waals surface area contributed by atoms with Crippen molar-refractivity contribution in [3.05, 3.63) is 24.5 Å². The van der Waals surface area contributed by atoms with E-state index in [0.717, 1.165) is 16.6 Å². The third-order valence-electron chi connectivity index (χ3n) is 2.50. The second-order valence-electron chi connectivity index (χ2n) is 4.85. The van der Waals surface area contributed by atoms with E-state index in [1.165, 1.54) is 0 Å². The zero-order valence-electron chi connectivity index (χ0n) is 11.0. The molecule has 15 heavy (non-hydrogen) atoms. The molecule has 2 heteroatoms. The topological polar surface area (TPSA) is 15.8 Å². The third kappa shape index (κ3) is 6.56. The minimum atomic E-state index is -0.0957. The molecule has 1 aromatic rings. The third-order valence-corrected chi connectivity index (χ3v) is 6.50. The summed E-state index contributed by atoms with van der Waals surface area (Å²) >= 11 is 0. The van der Waals surface area contributed by atoms with Crippen molar-refractivity contribution < 1.29 is 0 Å². The van der Waals surface area contributed by atoms with Gasteiger partial charge >= 0.3 is 0 Å². The number of hydrogen-bond donors (Lipinski definition) is 1. The zero-order valence-corrected chi connectivity index (χ0v) is 12.0. The van der Waals surface area contributed by atoms with Gasteiger partial charge in [-0.25, -0.2) is 0 Å². The van der Waals surface area contributed by atoms with Crippen LogP contribution in [-0.2, 0) is 0 Å². The molecule has 0 unspecified atom stereocenters. The Balaban J connectivity index is 0.000000322. The summed E-state index contributed by atoms with van der Waals surface area (Å²) in [5.74, 6) is 0. The average molecular weight is 224 g/mol. The minimum absolute atomic E-state index is 0.0957. The van der Waals surface area contributed by atoms with E-state index in [9.17, 15) is 0 Å². The van der Waals surface area contributed by atoms with Gasteiger partial charge in [0.1, 0.15) is 0 Å². The van der Waals surface area contributed by atoms with Gasteiger partial charge in [0.05, 0.1) is 8.80 Å². The molecule has 0 fully saturated rings. The second kappa shape index (κ2) is 7.75. The molecule has 1 N–H and O–H groups in total. The van der Waals surface area contributed by atoms with Crippen molar-refractivity contribution in [3.63, 3.8) is 0 Å². The van der Waals surface area contributed by atoms with E-state index in [2.05, 4.69) is 46.5 Å². The highest BCUT2D eigenvalue weighted by Gasteiger charge is 2.22. The van der Waals surface area contributed by atoms with Crippen LogP contribution in [0.1, 0.15) is 41.5 Å². The largest absolute Gasteiger partial charge is 0.368 e. The van der Waals surface area contributed by atoms with Crippen molar-refractivity contribution >= 4 is 8.80 Å². The normalized spacial score (nSPS) is 11.1. The summed E-state index contributed by atoms with van der Waals surface area (Å²) < 4.78 is 0. The summed E-state index contributed by atoms with van der Waals surface area (Å²) in [7, 11) is -0.0957. The van der Waals surface area contributed by atoms with Gasteiger partial charge in [0.15, 0.2) is 0 Å². The van der Waals surface area contributed by atoms with Crippen LogP contribution in [0.3, 0.4) is 0 Å². The Morgan fingerprint density at radius 3 is 1.13 bits per heavy atom. The monoisotopic (exact) mass is 224 g/mol. The molecule has 0 aliphatic heterocycles. The van der Waals surface area contributed by atoms with Gasteiger partial charge in [-0.2, -0.15) is 0 Å². The van der Waals surface area contributed by atoms with Gasteiger partial charge in [-0.1, -0.05) is 58.2 Å². The first kappa shape index (κ1) is 14.5. The van der Waals surface area contributed by atoms with Gasteiger partial charge in [0.2, 0.25) is 0 Å². The smallest absolute Gasteiger partial charge is 0.0561 e. The fourth-order valence-corrected chi connectivity index (χ4v) is 6.28. The molecule has 1 rings (SSSR count). The summed E-state index contributed by atoms with van der Waals surface area (Å²) in [6.45, 7) is 14.2. The van der Waals surface area contributed by atoms with E-state index in [0.29, 0.717) is 0 Å². The van der Waals surface area contributed by atoms with E-state index < -0.39 is 0 Å². The highest BCUT2D eigenvalue weighted by Crippen LogP contribution is 2.28. The lowest BCUT2D eigenvalue weighted by molar-refractivity contribution is 0.863. The Morgan fingerprint density at radius 2 is 1.07 bits per heavy atom. The van der Waals surface area contributed by atoms with Gasteiger partial charge in [-0.3, -0.25) is 0 Å². The molecule has 1 nitrogen and oxygen atoms in total. The maximum Gasteiger partial charge on any atom is 0.0561 e. The maximum atomic E-state index is 2.86. The summed E-state index contributed by atoms with van der Waals surface area (Å²) in [6.07, 6.45) is 3.75. The summed E-state index contributed by atoms with van der Waals surface area (Å²) in [5, 5.41) is 0. The van der Waals surface area contributed by atoms with Crippen LogP contribution in [0.15, 0.2) is 24.5 Å². The predicted molar refractivity (Wildman–Crippen MR) is 71.8 cm³/mol. The molecule has 87 valence electrons. The molecule has 0 bridgehead atoms. The molecular weight excluding hydrogens is 198 g/mol. The van der Waals surface area contributed by atoms with Crippen molar-refractivity contribution in [3.8, 4) is 0 Å². The van der Waals surface area contributed by atoms with Gasteiger partial charge in [-0.05, 0) is 12.1 Å². The lowest BCUT2D eigenvalue weighted by Crippen LogP contribution is -2.24. The Bertz CT molecular complexity index is 178. The fraction of sp³-hybridized carbons (Fsp3) is 0.692. The van der Waals surface area contributed by atoms with E-state index >= 15 is 0 Å². The molecule has 0 aliphatic rings. The van der Waals surface area contributed by atoms with Crippen LogP contribution in [0.2, 0.25) is 16.6 Å². The number of rotatable bonds is 3. The molecule has 1 aromatic heterocycles. The van der Waals surface area contributed by atoms with Crippen LogP contribution < -0.4 is 0 Å². The van der Waals surface area contributed by atoms with Crippen LogP contribution in [0.5, 0.6) is 0 Å². The SMILES string of the molecule is CC(C)[Si](C(C)C)C(C)C.c1cc[nH]c1. The van der Waals surface area contributed by atoms with Crippen molar-refractivity contribution in [1.82, 2.24) is 4.98 Å². The molecule has 1 radical (unpaired) electrons. The lowest BCUT2D eigenvalue weighted by Gasteiger charge is -2.26. The number of H-pyrrole nitrogens is 1. The predicted octanol–water partition coefficient (Wildman–Crippen LogP) is 4.73.